The van der Waals surface area contributed by atoms with Gasteiger partial charge in [0.05, 0.1) is 0 Å². The van der Waals surface area contributed by atoms with E-state index < -0.39 is 0 Å². The standard InChI is InChI=1S/C21H25N3O3S/c25-19(7-4-9-22-20(26)18-8-12-28-15-18)23-14-16-5-3-6-17(13-16)21(27)24-10-1-2-11-24/h3,5-6,8,12-13,15H,1-2,4,7,9-11,14H2,(H,22,26)(H,23,25). The van der Waals surface area contributed by atoms with Crippen molar-refractivity contribution < 1.29 is 14.4 Å². The van der Waals surface area contributed by atoms with Crippen molar-refractivity contribution in [2.45, 2.75) is 32.2 Å². The summed E-state index contributed by atoms with van der Waals surface area (Å²) in [6.45, 7) is 2.49. The van der Waals surface area contributed by atoms with Crippen LogP contribution in [-0.4, -0.2) is 42.3 Å². The summed E-state index contributed by atoms with van der Waals surface area (Å²) in [6, 6.07) is 9.20. The first-order valence-electron chi connectivity index (χ1n) is 9.59. The lowest BCUT2D eigenvalue weighted by atomic mass is 10.1. The van der Waals surface area contributed by atoms with E-state index in [9.17, 15) is 14.4 Å². The molecule has 1 aromatic heterocycles. The predicted octanol–water partition coefficient (Wildman–Crippen LogP) is 2.81. The van der Waals surface area contributed by atoms with Crippen LogP contribution in [0.2, 0.25) is 0 Å². The van der Waals surface area contributed by atoms with Crippen molar-refractivity contribution in [2.75, 3.05) is 19.6 Å². The Kier molecular flexibility index (Phi) is 7.19. The van der Waals surface area contributed by atoms with E-state index in [4.69, 9.17) is 0 Å². The third-order valence-corrected chi connectivity index (χ3v) is 5.39. The van der Waals surface area contributed by atoms with Gasteiger partial charge in [-0.15, -0.1) is 0 Å². The van der Waals surface area contributed by atoms with E-state index in [2.05, 4.69) is 10.6 Å². The van der Waals surface area contributed by atoms with Crippen molar-refractivity contribution in [2.24, 2.45) is 0 Å². The lowest BCUT2D eigenvalue weighted by Gasteiger charge is -2.15. The summed E-state index contributed by atoms with van der Waals surface area (Å²) in [5.41, 5.74) is 2.23. The lowest BCUT2D eigenvalue weighted by Crippen LogP contribution is -2.28. The summed E-state index contributed by atoms with van der Waals surface area (Å²) in [5, 5.41) is 9.34. The first kappa shape index (κ1) is 20.1. The molecule has 2 heterocycles. The summed E-state index contributed by atoms with van der Waals surface area (Å²) in [6.07, 6.45) is 3.05. The SMILES string of the molecule is O=C(CCCNC(=O)c1ccsc1)NCc1cccc(C(=O)N2CCCC2)c1. The molecule has 3 amide bonds. The van der Waals surface area contributed by atoms with Crippen molar-refractivity contribution in [1.29, 1.82) is 0 Å². The summed E-state index contributed by atoms with van der Waals surface area (Å²) in [4.78, 5) is 38.2. The Labute approximate surface area is 168 Å². The van der Waals surface area contributed by atoms with Crippen LogP contribution in [0.3, 0.4) is 0 Å². The summed E-state index contributed by atoms with van der Waals surface area (Å²) >= 11 is 1.48. The molecule has 1 fully saturated rings. The van der Waals surface area contributed by atoms with Gasteiger partial charge in [0.2, 0.25) is 5.91 Å². The molecule has 28 heavy (non-hydrogen) atoms. The first-order valence-corrected chi connectivity index (χ1v) is 10.5. The minimum absolute atomic E-state index is 0.0621. The van der Waals surface area contributed by atoms with Crippen LogP contribution in [0.15, 0.2) is 41.1 Å². The van der Waals surface area contributed by atoms with Gasteiger partial charge < -0.3 is 15.5 Å². The fourth-order valence-corrected chi connectivity index (χ4v) is 3.79. The maximum atomic E-state index is 12.5. The molecule has 1 aromatic carbocycles. The maximum absolute atomic E-state index is 12.5. The molecule has 0 radical (unpaired) electrons. The largest absolute Gasteiger partial charge is 0.352 e. The highest BCUT2D eigenvalue weighted by molar-refractivity contribution is 7.08. The molecular formula is C21H25N3O3S. The van der Waals surface area contributed by atoms with Gasteiger partial charge in [-0.25, -0.2) is 0 Å². The zero-order valence-electron chi connectivity index (χ0n) is 15.8. The van der Waals surface area contributed by atoms with Gasteiger partial charge >= 0.3 is 0 Å². The highest BCUT2D eigenvalue weighted by Gasteiger charge is 2.19. The Morgan fingerprint density at radius 3 is 2.61 bits per heavy atom. The molecule has 0 aliphatic carbocycles. The molecule has 1 aliphatic heterocycles. The van der Waals surface area contributed by atoms with E-state index in [-0.39, 0.29) is 17.7 Å². The van der Waals surface area contributed by atoms with E-state index in [1.807, 2.05) is 34.5 Å². The Hall–Kier alpha value is -2.67. The van der Waals surface area contributed by atoms with Crippen molar-refractivity contribution in [3.8, 4) is 0 Å². The molecule has 0 unspecified atom stereocenters. The second-order valence-corrected chi connectivity index (χ2v) is 7.63. The number of hydrogen-bond donors (Lipinski definition) is 2. The molecule has 2 aromatic rings. The number of amides is 3. The normalized spacial score (nSPS) is 13.4. The van der Waals surface area contributed by atoms with E-state index in [0.29, 0.717) is 37.1 Å². The number of carbonyl (C=O) groups excluding carboxylic acids is 3. The fourth-order valence-electron chi connectivity index (χ4n) is 3.15. The number of nitrogens with zero attached hydrogens (tertiary/aromatic N) is 1. The van der Waals surface area contributed by atoms with Crippen LogP contribution < -0.4 is 10.6 Å². The maximum Gasteiger partial charge on any atom is 0.253 e. The molecule has 7 heteroatoms. The number of thiophene rings is 1. The van der Waals surface area contributed by atoms with Crippen LogP contribution in [0, 0.1) is 0 Å². The molecule has 1 saturated heterocycles. The van der Waals surface area contributed by atoms with Gasteiger partial charge in [-0.1, -0.05) is 12.1 Å². The van der Waals surface area contributed by atoms with Gasteiger partial charge in [0.1, 0.15) is 0 Å². The third-order valence-electron chi connectivity index (χ3n) is 4.71. The Balaban J connectivity index is 1.38. The summed E-state index contributed by atoms with van der Waals surface area (Å²) in [5.74, 6) is -0.116. The minimum Gasteiger partial charge on any atom is -0.352 e. The average molecular weight is 400 g/mol. The Morgan fingerprint density at radius 1 is 1.04 bits per heavy atom. The molecule has 148 valence electrons. The van der Waals surface area contributed by atoms with E-state index in [0.717, 1.165) is 31.5 Å². The predicted molar refractivity (Wildman–Crippen MR) is 109 cm³/mol. The van der Waals surface area contributed by atoms with E-state index in [1.54, 1.807) is 11.4 Å². The van der Waals surface area contributed by atoms with Gasteiger partial charge in [-0.2, -0.15) is 11.3 Å². The Morgan fingerprint density at radius 2 is 1.86 bits per heavy atom. The van der Waals surface area contributed by atoms with Crippen LogP contribution >= 0.6 is 11.3 Å². The van der Waals surface area contributed by atoms with Crippen LogP contribution in [0.1, 0.15) is 52.0 Å². The zero-order chi connectivity index (χ0) is 19.8. The summed E-state index contributed by atoms with van der Waals surface area (Å²) in [7, 11) is 0. The van der Waals surface area contributed by atoms with Gasteiger partial charge in [0.25, 0.3) is 11.8 Å². The van der Waals surface area contributed by atoms with Crippen LogP contribution in [0.25, 0.3) is 0 Å². The average Bonchev–Trinajstić information content (AvgIpc) is 3.43. The number of likely N-dealkylation sites (tertiary alicyclic amines) is 1. The second-order valence-electron chi connectivity index (χ2n) is 6.85. The molecule has 0 bridgehead atoms. The van der Waals surface area contributed by atoms with Crippen LogP contribution in [-0.2, 0) is 11.3 Å². The third kappa shape index (κ3) is 5.66. The van der Waals surface area contributed by atoms with Crippen molar-refractivity contribution in [3.63, 3.8) is 0 Å². The van der Waals surface area contributed by atoms with Gasteiger partial charge in [-0.3, -0.25) is 14.4 Å². The van der Waals surface area contributed by atoms with Crippen molar-refractivity contribution >= 4 is 29.1 Å². The van der Waals surface area contributed by atoms with Gasteiger partial charge in [0.15, 0.2) is 0 Å². The molecule has 2 N–H and O–H groups in total. The first-order chi connectivity index (χ1) is 13.6. The number of benzene rings is 1. The van der Waals surface area contributed by atoms with Crippen molar-refractivity contribution in [3.05, 3.63) is 57.8 Å². The topological polar surface area (TPSA) is 78.5 Å². The van der Waals surface area contributed by atoms with Crippen LogP contribution in [0.4, 0.5) is 0 Å². The van der Waals surface area contributed by atoms with E-state index >= 15 is 0 Å². The monoisotopic (exact) mass is 399 g/mol. The summed E-state index contributed by atoms with van der Waals surface area (Å²) < 4.78 is 0. The molecule has 1 aliphatic rings. The highest BCUT2D eigenvalue weighted by atomic mass is 32.1. The number of rotatable bonds is 8. The molecule has 3 rings (SSSR count). The van der Waals surface area contributed by atoms with Crippen LogP contribution in [0.5, 0.6) is 0 Å². The number of carbonyl (C=O) groups is 3. The molecular weight excluding hydrogens is 374 g/mol. The number of hydrogen-bond acceptors (Lipinski definition) is 4. The quantitative estimate of drug-likeness (QED) is 0.670. The second kappa shape index (κ2) is 10.0. The molecule has 6 nitrogen and oxygen atoms in total. The molecule has 0 spiro atoms. The number of nitrogens with one attached hydrogen (secondary N) is 2. The van der Waals surface area contributed by atoms with Crippen molar-refractivity contribution in [1.82, 2.24) is 15.5 Å². The lowest BCUT2D eigenvalue weighted by molar-refractivity contribution is -0.121. The zero-order valence-corrected chi connectivity index (χ0v) is 16.6. The molecule has 0 saturated carbocycles. The Bertz CT molecular complexity index is 814. The fraction of sp³-hybridized carbons (Fsp3) is 0.381. The van der Waals surface area contributed by atoms with Gasteiger partial charge in [0, 0.05) is 49.1 Å². The minimum atomic E-state index is -0.110. The van der Waals surface area contributed by atoms with Gasteiger partial charge in [-0.05, 0) is 48.4 Å². The smallest absolute Gasteiger partial charge is 0.253 e. The molecule has 0 atom stereocenters. The van der Waals surface area contributed by atoms with E-state index in [1.165, 1.54) is 11.3 Å². The highest BCUT2D eigenvalue weighted by Crippen LogP contribution is 2.14.